The molecule has 0 saturated carbocycles. The molecule has 27 heavy (non-hydrogen) atoms. The molecule has 0 unspecified atom stereocenters. The fourth-order valence-corrected chi connectivity index (χ4v) is 2.36. The van der Waals surface area contributed by atoms with E-state index in [1.807, 2.05) is 20.8 Å². The second kappa shape index (κ2) is 9.02. The molecule has 2 rings (SSSR count). The molecule has 0 fully saturated rings. The van der Waals surface area contributed by atoms with E-state index >= 15 is 0 Å². The number of nitro benzene ring substituents is 1. The number of non-ortho nitro benzene ring substituents is 1. The van der Waals surface area contributed by atoms with Crippen molar-refractivity contribution in [3.05, 3.63) is 52.6 Å². The van der Waals surface area contributed by atoms with Crippen molar-refractivity contribution in [3.63, 3.8) is 0 Å². The molecule has 1 amide bonds. The van der Waals surface area contributed by atoms with Crippen LogP contribution in [0, 0.1) is 16.0 Å². The molecule has 0 aliphatic rings. The molecular formula is C20H24N2O5. The summed E-state index contributed by atoms with van der Waals surface area (Å²) in [7, 11) is 1.56. The van der Waals surface area contributed by atoms with Crippen LogP contribution in [0.4, 0.5) is 5.69 Å². The monoisotopic (exact) mass is 372 g/mol. The first kappa shape index (κ1) is 20.2. The third kappa shape index (κ3) is 5.44. The molecule has 0 aliphatic carbocycles. The number of nitrogens with zero attached hydrogens (tertiary/aromatic N) is 1. The second-order valence-electron chi connectivity index (χ2n) is 6.55. The van der Waals surface area contributed by atoms with Gasteiger partial charge in [0.2, 0.25) is 0 Å². The van der Waals surface area contributed by atoms with Gasteiger partial charge in [-0.05, 0) is 36.6 Å². The molecule has 2 aromatic rings. The normalized spacial score (nSPS) is 11.7. The lowest BCUT2D eigenvalue weighted by Gasteiger charge is -2.18. The van der Waals surface area contributed by atoms with Gasteiger partial charge >= 0.3 is 0 Å². The molecule has 0 aromatic heterocycles. The van der Waals surface area contributed by atoms with E-state index in [0.29, 0.717) is 23.0 Å². The Morgan fingerprint density at radius 1 is 1.15 bits per heavy atom. The maximum atomic E-state index is 12.1. The van der Waals surface area contributed by atoms with Crippen molar-refractivity contribution in [3.8, 4) is 22.6 Å². The van der Waals surface area contributed by atoms with Crippen molar-refractivity contribution < 1.29 is 19.2 Å². The summed E-state index contributed by atoms with van der Waals surface area (Å²) >= 11 is 0. The van der Waals surface area contributed by atoms with Gasteiger partial charge in [-0.1, -0.05) is 26.0 Å². The molecule has 2 aromatic carbocycles. The highest BCUT2D eigenvalue weighted by Crippen LogP contribution is 2.34. The van der Waals surface area contributed by atoms with Gasteiger partial charge in [0.05, 0.1) is 12.0 Å². The van der Waals surface area contributed by atoms with Crippen LogP contribution in [0.15, 0.2) is 42.5 Å². The lowest BCUT2D eigenvalue weighted by atomic mass is 10.0. The molecule has 7 heteroatoms. The summed E-state index contributed by atoms with van der Waals surface area (Å²) in [5.41, 5.74) is 1.22. The largest absolute Gasteiger partial charge is 0.497 e. The molecule has 144 valence electrons. The topological polar surface area (TPSA) is 90.7 Å². The zero-order valence-electron chi connectivity index (χ0n) is 15.9. The molecule has 1 atom stereocenters. The number of benzene rings is 2. The summed E-state index contributed by atoms with van der Waals surface area (Å²) in [5.74, 6) is 1.14. The smallest absolute Gasteiger partial charge is 0.270 e. The Labute approximate surface area is 158 Å². The fraction of sp³-hybridized carbons (Fsp3) is 0.350. The third-order valence-corrected chi connectivity index (χ3v) is 4.32. The molecule has 0 aliphatic heterocycles. The average molecular weight is 372 g/mol. The zero-order valence-corrected chi connectivity index (χ0v) is 15.9. The summed E-state index contributed by atoms with van der Waals surface area (Å²) < 4.78 is 10.8. The Bertz CT molecular complexity index is 803. The molecule has 0 spiro atoms. The van der Waals surface area contributed by atoms with Crippen molar-refractivity contribution in [2.45, 2.75) is 26.8 Å². The molecule has 1 N–H and O–H groups in total. The number of nitro groups is 1. The van der Waals surface area contributed by atoms with E-state index in [2.05, 4.69) is 5.32 Å². The SMILES string of the molecule is COc1ccc(-c2cc([N+](=O)[O-])ccc2OCC(=O)N[C@@H](C)C(C)C)cc1. The Morgan fingerprint density at radius 3 is 2.37 bits per heavy atom. The lowest BCUT2D eigenvalue weighted by molar-refractivity contribution is -0.384. The van der Waals surface area contributed by atoms with Gasteiger partial charge in [0.1, 0.15) is 11.5 Å². The Balaban J connectivity index is 2.24. The van der Waals surface area contributed by atoms with Gasteiger partial charge in [0.15, 0.2) is 6.61 Å². The molecule has 0 bridgehead atoms. The minimum absolute atomic E-state index is 0.0269. The number of carbonyl (C=O) groups is 1. The van der Waals surface area contributed by atoms with Gasteiger partial charge in [-0.25, -0.2) is 0 Å². The van der Waals surface area contributed by atoms with Crippen LogP contribution >= 0.6 is 0 Å². The van der Waals surface area contributed by atoms with Gasteiger partial charge in [-0.3, -0.25) is 14.9 Å². The van der Waals surface area contributed by atoms with Crippen LogP contribution in [-0.2, 0) is 4.79 Å². The van der Waals surface area contributed by atoms with E-state index in [1.165, 1.54) is 18.2 Å². The van der Waals surface area contributed by atoms with Crippen LogP contribution < -0.4 is 14.8 Å². The van der Waals surface area contributed by atoms with E-state index < -0.39 is 4.92 Å². The van der Waals surface area contributed by atoms with Gasteiger partial charge in [0, 0.05) is 23.7 Å². The highest BCUT2D eigenvalue weighted by atomic mass is 16.6. The van der Waals surface area contributed by atoms with E-state index in [-0.39, 0.29) is 24.2 Å². The predicted molar refractivity (Wildman–Crippen MR) is 103 cm³/mol. The standard InChI is InChI=1S/C20H24N2O5/c1-13(2)14(3)21-20(23)12-27-19-10-7-16(22(24)25)11-18(19)15-5-8-17(26-4)9-6-15/h5-11,13-14H,12H2,1-4H3,(H,21,23)/t14-/m0/s1. The number of ether oxygens (including phenoxy) is 2. The van der Waals surface area contributed by atoms with Gasteiger partial charge < -0.3 is 14.8 Å². The summed E-state index contributed by atoms with van der Waals surface area (Å²) in [6, 6.07) is 11.4. The van der Waals surface area contributed by atoms with Crippen molar-refractivity contribution >= 4 is 11.6 Å². The van der Waals surface area contributed by atoms with Crippen molar-refractivity contribution in [1.82, 2.24) is 5.32 Å². The lowest BCUT2D eigenvalue weighted by Crippen LogP contribution is -2.38. The number of carbonyl (C=O) groups excluding carboxylic acids is 1. The van der Waals surface area contributed by atoms with E-state index in [1.54, 1.807) is 31.4 Å². The van der Waals surface area contributed by atoms with Crippen LogP contribution in [0.25, 0.3) is 11.1 Å². The Morgan fingerprint density at radius 2 is 1.81 bits per heavy atom. The molecule has 0 saturated heterocycles. The quantitative estimate of drug-likeness (QED) is 0.562. The number of hydrogen-bond donors (Lipinski definition) is 1. The highest BCUT2D eigenvalue weighted by Gasteiger charge is 2.16. The van der Waals surface area contributed by atoms with E-state index in [9.17, 15) is 14.9 Å². The first-order valence-corrected chi connectivity index (χ1v) is 8.67. The van der Waals surface area contributed by atoms with Crippen LogP contribution in [0.5, 0.6) is 11.5 Å². The Kier molecular flexibility index (Phi) is 6.76. The van der Waals surface area contributed by atoms with Crippen LogP contribution in [0.1, 0.15) is 20.8 Å². The van der Waals surface area contributed by atoms with Gasteiger partial charge in [-0.2, -0.15) is 0 Å². The molecule has 0 radical (unpaired) electrons. The average Bonchev–Trinajstić information content (AvgIpc) is 2.66. The van der Waals surface area contributed by atoms with E-state index in [4.69, 9.17) is 9.47 Å². The first-order chi connectivity index (χ1) is 12.8. The number of methoxy groups -OCH3 is 1. The van der Waals surface area contributed by atoms with Crippen LogP contribution in [-0.4, -0.2) is 30.6 Å². The number of hydrogen-bond acceptors (Lipinski definition) is 5. The van der Waals surface area contributed by atoms with Crippen molar-refractivity contribution in [2.75, 3.05) is 13.7 Å². The minimum Gasteiger partial charge on any atom is -0.497 e. The summed E-state index contributed by atoms with van der Waals surface area (Å²) in [6.45, 7) is 5.79. The number of nitrogens with one attached hydrogen (secondary N) is 1. The summed E-state index contributed by atoms with van der Waals surface area (Å²) in [4.78, 5) is 22.7. The van der Waals surface area contributed by atoms with Gasteiger partial charge in [-0.15, -0.1) is 0 Å². The predicted octanol–water partition coefficient (Wildman–Crippen LogP) is 3.81. The second-order valence-corrected chi connectivity index (χ2v) is 6.55. The third-order valence-electron chi connectivity index (χ3n) is 4.32. The zero-order chi connectivity index (χ0) is 20.0. The highest BCUT2D eigenvalue weighted by molar-refractivity contribution is 5.79. The van der Waals surface area contributed by atoms with Crippen molar-refractivity contribution in [1.29, 1.82) is 0 Å². The fourth-order valence-electron chi connectivity index (χ4n) is 2.36. The Hall–Kier alpha value is -3.09. The molecule has 0 heterocycles. The van der Waals surface area contributed by atoms with E-state index in [0.717, 1.165) is 5.56 Å². The maximum absolute atomic E-state index is 12.1. The van der Waals surface area contributed by atoms with Gasteiger partial charge in [0.25, 0.3) is 11.6 Å². The first-order valence-electron chi connectivity index (χ1n) is 8.67. The minimum atomic E-state index is -0.464. The number of amides is 1. The maximum Gasteiger partial charge on any atom is 0.270 e. The summed E-state index contributed by atoms with van der Waals surface area (Å²) in [6.07, 6.45) is 0. The molecule has 7 nitrogen and oxygen atoms in total. The molecular weight excluding hydrogens is 348 g/mol. The van der Waals surface area contributed by atoms with Crippen molar-refractivity contribution in [2.24, 2.45) is 5.92 Å². The summed E-state index contributed by atoms with van der Waals surface area (Å²) in [5, 5.41) is 14.0. The van der Waals surface area contributed by atoms with Crippen LogP contribution in [0.3, 0.4) is 0 Å². The number of rotatable bonds is 8. The van der Waals surface area contributed by atoms with Crippen LogP contribution in [0.2, 0.25) is 0 Å².